The Morgan fingerprint density at radius 2 is 1.97 bits per heavy atom. The molecule has 7 nitrogen and oxygen atoms in total. The summed E-state index contributed by atoms with van der Waals surface area (Å²) in [6.45, 7) is 4.98. The van der Waals surface area contributed by atoms with Gasteiger partial charge in [-0.15, -0.1) is 0 Å². The van der Waals surface area contributed by atoms with Gasteiger partial charge in [-0.1, -0.05) is 6.08 Å². The van der Waals surface area contributed by atoms with Gasteiger partial charge in [0.15, 0.2) is 0 Å². The largest absolute Gasteiger partial charge is 0.417 e. The Morgan fingerprint density at radius 1 is 1.23 bits per heavy atom. The maximum atomic E-state index is 12.7. The molecule has 168 valence electrons. The molecule has 1 aromatic heterocycles. The molecule has 0 atom stereocenters. The molecule has 2 aliphatic rings. The van der Waals surface area contributed by atoms with E-state index < -0.39 is 11.7 Å². The minimum atomic E-state index is -4.40. The fourth-order valence-electron chi connectivity index (χ4n) is 3.42. The van der Waals surface area contributed by atoms with Gasteiger partial charge in [-0.3, -0.25) is 14.5 Å². The molecule has 2 amide bonds. The molecule has 0 spiro atoms. The van der Waals surface area contributed by atoms with Gasteiger partial charge in [0.2, 0.25) is 11.8 Å². The number of nitrogens with one attached hydrogen (secondary N) is 2. The number of allylic oxidation sites excluding steroid dienone is 2. The predicted molar refractivity (Wildman–Crippen MR) is 110 cm³/mol. The molecule has 1 fully saturated rings. The van der Waals surface area contributed by atoms with Crippen molar-refractivity contribution < 1.29 is 22.8 Å². The van der Waals surface area contributed by atoms with Crippen molar-refractivity contribution in [2.75, 3.05) is 44.2 Å². The lowest BCUT2D eigenvalue weighted by atomic mass is 10.0. The zero-order chi connectivity index (χ0) is 22.4. The second kappa shape index (κ2) is 9.95. The van der Waals surface area contributed by atoms with Crippen LogP contribution in [0.3, 0.4) is 0 Å². The summed E-state index contributed by atoms with van der Waals surface area (Å²) in [4.78, 5) is 31.4. The summed E-state index contributed by atoms with van der Waals surface area (Å²) in [5.41, 5.74) is 1.14. The SMILES string of the molecule is CC1=C(/C=C\CNC(=O)CN2CCN(c3ccc(C(F)(F)F)cn3)CC2)NC(=O)CC1. The molecule has 1 aromatic rings. The molecule has 2 aliphatic heterocycles. The number of aromatic nitrogens is 1. The Kier molecular flexibility index (Phi) is 7.32. The smallest absolute Gasteiger partial charge is 0.354 e. The highest BCUT2D eigenvalue weighted by molar-refractivity contribution is 5.80. The number of nitrogens with zero attached hydrogens (tertiary/aromatic N) is 3. The van der Waals surface area contributed by atoms with E-state index in [1.54, 1.807) is 6.08 Å². The van der Waals surface area contributed by atoms with E-state index in [1.807, 2.05) is 22.8 Å². The summed E-state index contributed by atoms with van der Waals surface area (Å²) in [6.07, 6.45) is 1.30. The Hall–Kier alpha value is -2.88. The van der Waals surface area contributed by atoms with Crippen molar-refractivity contribution in [2.24, 2.45) is 0 Å². The highest BCUT2D eigenvalue weighted by Crippen LogP contribution is 2.29. The van der Waals surface area contributed by atoms with Crippen LogP contribution in [0.2, 0.25) is 0 Å². The van der Waals surface area contributed by atoms with Crippen LogP contribution in [0.15, 0.2) is 41.8 Å². The van der Waals surface area contributed by atoms with Crippen LogP contribution in [0.1, 0.15) is 25.3 Å². The summed E-state index contributed by atoms with van der Waals surface area (Å²) in [5, 5.41) is 5.64. The number of anilines is 1. The highest BCUT2D eigenvalue weighted by Gasteiger charge is 2.31. The van der Waals surface area contributed by atoms with E-state index in [0.717, 1.165) is 30.0 Å². The van der Waals surface area contributed by atoms with Gasteiger partial charge in [-0.2, -0.15) is 13.2 Å². The van der Waals surface area contributed by atoms with Crippen molar-refractivity contribution in [1.29, 1.82) is 0 Å². The molecule has 31 heavy (non-hydrogen) atoms. The quantitative estimate of drug-likeness (QED) is 0.713. The van der Waals surface area contributed by atoms with Crippen molar-refractivity contribution in [3.63, 3.8) is 0 Å². The van der Waals surface area contributed by atoms with Crippen LogP contribution in [0, 0.1) is 0 Å². The van der Waals surface area contributed by atoms with Crippen molar-refractivity contribution in [3.8, 4) is 0 Å². The molecule has 0 aliphatic carbocycles. The van der Waals surface area contributed by atoms with Gasteiger partial charge in [-0.25, -0.2) is 4.98 Å². The van der Waals surface area contributed by atoms with Crippen LogP contribution >= 0.6 is 0 Å². The first-order valence-electron chi connectivity index (χ1n) is 10.2. The van der Waals surface area contributed by atoms with Crippen LogP contribution in [-0.2, 0) is 15.8 Å². The number of amides is 2. The molecule has 3 heterocycles. The van der Waals surface area contributed by atoms with E-state index in [9.17, 15) is 22.8 Å². The third-order valence-corrected chi connectivity index (χ3v) is 5.30. The lowest BCUT2D eigenvalue weighted by Gasteiger charge is -2.35. The first kappa shape index (κ1) is 22.8. The monoisotopic (exact) mass is 437 g/mol. The second-order valence-electron chi connectivity index (χ2n) is 7.61. The summed E-state index contributed by atoms with van der Waals surface area (Å²) in [6, 6.07) is 2.41. The molecule has 0 unspecified atom stereocenters. The molecule has 0 bridgehead atoms. The summed E-state index contributed by atoms with van der Waals surface area (Å²) >= 11 is 0. The number of halogens is 3. The molecular weight excluding hydrogens is 411 g/mol. The predicted octanol–water partition coefficient (Wildman–Crippen LogP) is 2.08. The number of hydrogen-bond acceptors (Lipinski definition) is 5. The van der Waals surface area contributed by atoms with E-state index in [-0.39, 0.29) is 18.4 Å². The lowest BCUT2D eigenvalue weighted by molar-refractivity contribution is -0.137. The van der Waals surface area contributed by atoms with Crippen LogP contribution in [0.25, 0.3) is 0 Å². The molecular formula is C21H26F3N5O2. The minimum absolute atomic E-state index is 0.0000712. The Labute approximate surface area is 179 Å². The van der Waals surface area contributed by atoms with Crippen molar-refractivity contribution >= 4 is 17.6 Å². The average Bonchev–Trinajstić information content (AvgIpc) is 2.73. The second-order valence-corrected chi connectivity index (χ2v) is 7.61. The first-order valence-corrected chi connectivity index (χ1v) is 10.2. The minimum Gasteiger partial charge on any atom is -0.354 e. The number of hydrogen-bond donors (Lipinski definition) is 2. The zero-order valence-corrected chi connectivity index (χ0v) is 17.3. The topological polar surface area (TPSA) is 77.6 Å². The summed E-state index contributed by atoms with van der Waals surface area (Å²) in [7, 11) is 0. The first-order chi connectivity index (χ1) is 14.7. The van der Waals surface area contributed by atoms with Gasteiger partial charge < -0.3 is 15.5 Å². The Morgan fingerprint density at radius 3 is 2.61 bits per heavy atom. The number of carbonyl (C=O) groups is 2. The number of pyridine rings is 1. The van der Waals surface area contributed by atoms with E-state index in [2.05, 4.69) is 15.6 Å². The van der Waals surface area contributed by atoms with E-state index >= 15 is 0 Å². The number of piperazine rings is 1. The number of carbonyl (C=O) groups excluding carboxylic acids is 2. The van der Waals surface area contributed by atoms with Crippen molar-refractivity contribution in [2.45, 2.75) is 25.9 Å². The van der Waals surface area contributed by atoms with Crippen LogP contribution in [0.5, 0.6) is 0 Å². The van der Waals surface area contributed by atoms with Crippen molar-refractivity contribution in [3.05, 3.63) is 47.3 Å². The molecule has 10 heteroatoms. The fourth-order valence-corrected chi connectivity index (χ4v) is 3.42. The number of alkyl halides is 3. The molecule has 0 saturated carbocycles. The maximum Gasteiger partial charge on any atom is 0.417 e. The third kappa shape index (κ3) is 6.55. The van der Waals surface area contributed by atoms with E-state index in [1.165, 1.54) is 6.07 Å². The van der Waals surface area contributed by atoms with Gasteiger partial charge in [-0.05, 0) is 37.1 Å². The summed E-state index contributed by atoms with van der Waals surface area (Å²) in [5.74, 6) is 0.394. The summed E-state index contributed by atoms with van der Waals surface area (Å²) < 4.78 is 38.0. The van der Waals surface area contributed by atoms with Gasteiger partial charge in [0.25, 0.3) is 0 Å². The number of rotatable bonds is 6. The lowest BCUT2D eigenvalue weighted by Crippen LogP contribution is -2.49. The van der Waals surface area contributed by atoms with Crippen LogP contribution < -0.4 is 15.5 Å². The zero-order valence-electron chi connectivity index (χ0n) is 17.3. The standard InChI is InChI=1S/C21H26F3N5O2/c1-15-4-7-19(30)27-17(15)3-2-8-25-20(31)14-28-9-11-29(12-10-28)18-6-5-16(13-26-18)21(22,23)24/h2-3,5-6,13H,4,7-12,14H2,1H3,(H,25,31)(H,27,30)/b3-2-. The fraction of sp³-hybridized carbons (Fsp3) is 0.476. The highest BCUT2D eigenvalue weighted by atomic mass is 19.4. The average molecular weight is 437 g/mol. The molecule has 1 saturated heterocycles. The van der Waals surface area contributed by atoms with Gasteiger partial charge >= 0.3 is 6.18 Å². The normalized spacial score (nSPS) is 18.5. The van der Waals surface area contributed by atoms with Gasteiger partial charge in [0.1, 0.15) is 5.82 Å². The van der Waals surface area contributed by atoms with Gasteiger partial charge in [0, 0.05) is 51.0 Å². The molecule has 2 N–H and O–H groups in total. The Bertz CT molecular complexity index is 857. The maximum absolute atomic E-state index is 12.7. The third-order valence-electron chi connectivity index (χ3n) is 5.30. The van der Waals surface area contributed by atoms with E-state index in [4.69, 9.17) is 0 Å². The van der Waals surface area contributed by atoms with Crippen LogP contribution in [0.4, 0.5) is 19.0 Å². The molecule has 0 radical (unpaired) electrons. The Balaban J connectivity index is 1.39. The van der Waals surface area contributed by atoms with Crippen LogP contribution in [-0.4, -0.2) is 61.0 Å². The molecule has 0 aromatic carbocycles. The van der Waals surface area contributed by atoms with E-state index in [0.29, 0.717) is 45.0 Å². The van der Waals surface area contributed by atoms with Crippen molar-refractivity contribution in [1.82, 2.24) is 20.5 Å². The molecule has 3 rings (SSSR count). The van der Waals surface area contributed by atoms with Gasteiger partial charge in [0.05, 0.1) is 12.1 Å².